The van der Waals surface area contributed by atoms with E-state index in [0.717, 1.165) is 75.0 Å². The fourth-order valence-corrected chi connectivity index (χ4v) is 15.8. The summed E-state index contributed by atoms with van der Waals surface area (Å²) in [5, 5.41) is 2.06. The molecule has 5 saturated heterocycles. The molecule has 9 rings (SSSR count). The maximum atomic E-state index is 8.19. The van der Waals surface area contributed by atoms with Crippen LogP contribution in [0.4, 0.5) is 0 Å². The molecule has 66 heavy (non-hydrogen) atoms. The highest BCUT2D eigenvalue weighted by Gasteiger charge is 2.60. The minimum absolute atomic E-state index is 0.0624. The van der Waals surface area contributed by atoms with Gasteiger partial charge in [0.2, 0.25) is 0 Å². The summed E-state index contributed by atoms with van der Waals surface area (Å²) in [6, 6.07) is 39.7. The Morgan fingerprint density at radius 1 is 0.727 bits per heavy atom. The Hall–Kier alpha value is -4.02. The van der Waals surface area contributed by atoms with Crippen molar-refractivity contribution in [2.24, 2.45) is 11.8 Å². The first-order valence-corrected chi connectivity index (χ1v) is 26.4. The number of hydrogen-bond acceptors (Lipinski definition) is 9. The van der Waals surface area contributed by atoms with Crippen molar-refractivity contribution in [3.05, 3.63) is 121 Å². The van der Waals surface area contributed by atoms with Crippen LogP contribution in [-0.4, -0.2) is 82.9 Å². The summed E-state index contributed by atoms with van der Waals surface area (Å²) in [4.78, 5) is 0. The highest BCUT2D eigenvalue weighted by Crippen LogP contribution is 2.48. The zero-order valence-electron chi connectivity index (χ0n) is 39.8. The van der Waals surface area contributed by atoms with Crippen LogP contribution in [0.3, 0.4) is 0 Å². The Bertz CT molecular complexity index is 2180. The number of ether oxygens (including phenoxy) is 8. The van der Waals surface area contributed by atoms with Crippen molar-refractivity contribution >= 4 is 18.7 Å². The molecule has 5 aliphatic heterocycles. The van der Waals surface area contributed by atoms with E-state index in [9.17, 15) is 0 Å². The zero-order valence-corrected chi connectivity index (χ0v) is 40.8. The van der Waals surface area contributed by atoms with Crippen LogP contribution in [0.25, 0.3) is 0 Å². The zero-order chi connectivity index (χ0) is 45.8. The van der Waals surface area contributed by atoms with Gasteiger partial charge in [0.05, 0.1) is 38.6 Å². The van der Waals surface area contributed by atoms with Gasteiger partial charge < -0.3 is 42.3 Å². The van der Waals surface area contributed by atoms with E-state index in [1.54, 1.807) is 7.11 Å². The van der Waals surface area contributed by atoms with Crippen LogP contribution in [0.15, 0.2) is 115 Å². The monoisotopic (exact) mass is 914 g/mol. The summed E-state index contributed by atoms with van der Waals surface area (Å²) < 4.78 is 61.9. The molecule has 0 radical (unpaired) electrons. The Morgan fingerprint density at radius 2 is 1.38 bits per heavy atom. The van der Waals surface area contributed by atoms with Crippen LogP contribution in [0.2, 0.25) is 5.04 Å². The molecule has 0 aliphatic carbocycles. The van der Waals surface area contributed by atoms with Crippen molar-refractivity contribution in [2.75, 3.05) is 20.3 Å². The fraction of sp³-hybridized carbons (Fsp3) is 0.536. The molecule has 2 spiro atoms. The molecule has 0 amide bonds. The molecule has 5 aliphatic rings. The molecule has 4 aromatic carbocycles. The predicted molar refractivity (Wildman–Crippen MR) is 258 cm³/mol. The van der Waals surface area contributed by atoms with Gasteiger partial charge in [-0.2, -0.15) is 0 Å². The molecule has 9 nitrogen and oxygen atoms in total. The molecular formula is C56H70O9Si. The van der Waals surface area contributed by atoms with Crippen LogP contribution < -0.4 is 19.8 Å². The predicted octanol–water partition coefficient (Wildman–Crippen LogP) is 9.78. The normalized spacial score (nSPS) is 31.7. The van der Waals surface area contributed by atoms with E-state index in [4.69, 9.17) is 42.3 Å². The van der Waals surface area contributed by atoms with Crippen molar-refractivity contribution < 1.29 is 42.3 Å². The van der Waals surface area contributed by atoms with Gasteiger partial charge in [0, 0.05) is 31.6 Å². The second-order valence-electron chi connectivity index (χ2n) is 20.3. The van der Waals surface area contributed by atoms with Gasteiger partial charge in [0.25, 0.3) is 8.32 Å². The lowest BCUT2D eigenvalue weighted by Gasteiger charge is -2.54. The molecule has 0 aromatic heterocycles. The molecule has 0 saturated carbocycles. The van der Waals surface area contributed by atoms with Crippen molar-refractivity contribution in [1.82, 2.24) is 0 Å². The molecular weight excluding hydrogens is 845 g/mol. The van der Waals surface area contributed by atoms with Crippen molar-refractivity contribution in [1.29, 1.82) is 0 Å². The summed E-state index contributed by atoms with van der Waals surface area (Å²) in [7, 11) is -1.52. The van der Waals surface area contributed by atoms with Crippen LogP contribution in [0.1, 0.15) is 98.0 Å². The van der Waals surface area contributed by atoms with Crippen LogP contribution >= 0.6 is 0 Å². The topological polar surface area (TPSA) is 83.1 Å². The molecule has 0 N–H and O–H groups in total. The lowest BCUT2D eigenvalue weighted by molar-refractivity contribution is -0.338. The fourth-order valence-electron chi connectivity index (χ4n) is 11.1. The Kier molecular flexibility index (Phi) is 14.5. The van der Waals surface area contributed by atoms with E-state index in [1.165, 1.54) is 10.4 Å². The van der Waals surface area contributed by atoms with Crippen molar-refractivity contribution in [2.45, 2.75) is 158 Å². The van der Waals surface area contributed by atoms with Gasteiger partial charge in [-0.05, 0) is 90.2 Å². The van der Waals surface area contributed by atoms with Gasteiger partial charge in [-0.1, -0.05) is 131 Å². The van der Waals surface area contributed by atoms with Gasteiger partial charge in [0.15, 0.2) is 11.6 Å². The maximum absolute atomic E-state index is 8.19. The summed E-state index contributed by atoms with van der Waals surface area (Å²) in [6.07, 6.45) is 5.24. The second-order valence-corrected chi connectivity index (χ2v) is 24.5. The summed E-state index contributed by atoms with van der Waals surface area (Å²) >= 11 is 0. The minimum atomic E-state index is -3.19. The number of hydrogen-bond donors (Lipinski definition) is 0. The molecule has 0 unspecified atom stereocenters. The third-order valence-corrected chi connectivity index (χ3v) is 19.7. The van der Waals surface area contributed by atoms with E-state index in [1.807, 2.05) is 30.3 Å². The highest BCUT2D eigenvalue weighted by atomic mass is 28.4. The molecule has 10 heteroatoms. The Labute approximate surface area is 394 Å². The lowest BCUT2D eigenvalue weighted by atomic mass is 9.83. The molecule has 5 fully saturated rings. The van der Waals surface area contributed by atoms with Gasteiger partial charge in [-0.25, -0.2) is 0 Å². The third-order valence-electron chi connectivity index (χ3n) is 14.7. The van der Waals surface area contributed by atoms with Crippen LogP contribution in [0.5, 0.6) is 11.5 Å². The third kappa shape index (κ3) is 10.1. The summed E-state index contributed by atoms with van der Waals surface area (Å²) in [5.74, 6) is 7.91. The van der Waals surface area contributed by atoms with E-state index < -0.39 is 44.3 Å². The number of fused-ring (bicyclic) bond motifs is 1. The van der Waals surface area contributed by atoms with Crippen LogP contribution in [0, 0.1) is 23.7 Å². The Balaban J connectivity index is 1.08. The average molecular weight is 915 g/mol. The SMILES string of the molecule is COc1ccc(OC[C@H]2CC[C@@]3(CC[C@H]4O[C@H](C#C[C@H](C)[C@H]5O[C@@]6(CCCCO6)CC[C@H]5C)[C@@H](OCc5ccccc5)[C@@H](O[Si](c5ccccc5)(c5ccccc5)C(C)(C)C)[C@@H]4O3)O2)cc1. The first kappa shape index (κ1) is 47.1. The highest BCUT2D eigenvalue weighted by molar-refractivity contribution is 6.99. The average Bonchev–Trinajstić information content (AvgIpc) is 3.74. The second kappa shape index (κ2) is 20.3. The number of methoxy groups -OCH3 is 1. The molecule has 0 bridgehead atoms. The van der Waals surface area contributed by atoms with E-state index >= 15 is 0 Å². The van der Waals surface area contributed by atoms with Crippen LogP contribution in [-0.2, 0) is 39.5 Å². The smallest absolute Gasteiger partial charge is 0.261 e. The minimum Gasteiger partial charge on any atom is -0.497 e. The summed E-state index contributed by atoms with van der Waals surface area (Å²) in [6.45, 7) is 13.0. The van der Waals surface area contributed by atoms with Crippen molar-refractivity contribution in [3.63, 3.8) is 0 Å². The van der Waals surface area contributed by atoms with Gasteiger partial charge >= 0.3 is 0 Å². The number of benzene rings is 4. The van der Waals surface area contributed by atoms with Gasteiger partial charge in [0.1, 0.15) is 42.5 Å². The van der Waals surface area contributed by atoms with E-state index in [-0.39, 0.29) is 29.3 Å². The van der Waals surface area contributed by atoms with Gasteiger partial charge in [-0.3, -0.25) is 0 Å². The quantitative estimate of drug-likeness (QED) is 0.102. The summed E-state index contributed by atoms with van der Waals surface area (Å²) in [5.41, 5.74) is 1.06. The standard InChI is InChI=1S/C56H70O9Si/c1-40(50-41(2)30-34-55(63-50)33-16-17-37-60-55)24-29-48-51(59-38-42-18-10-7-11-19-42)53(65-66(54(3,4)5,46-20-12-8-13-21-46)47-22-14-9-15-23-47)52-49(61-48)32-36-56(64-52)35-31-45(62-56)39-58-44-27-25-43(57-6)26-28-44/h7-15,18-23,25-28,40-41,45,48-53H,16-17,30-39H2,1-6H3/t40-,41+,45+,48+,49+,50+,51+,52+,53+,55-,56+/m0/s1. The lowest BCUT2D eigenvalue weighted by Crippen LogP contribution is -2.73. The molecule has 5 heterocycles. The largest absolute Gasteiger partial charge is 0.497 e. The molecule has 4 aromatic rings. The molecule has 352 valence electrons. The van der Waals surface area contributed by atoms with Gasteiger partial charge in [-0.15, -0.1) is 0 Å². The van der Waals surface area contributed by atoms with E-state index in [2.05, 4.69) is 131 Å². The van der Waals surface area contributed by atoms with Crippen molar-refractivity contribution in [3.8, 4) is 23.3 Å². The first-order chi connectivity index (χ1) is 32.0. The maximum Gasteiger partial charge on any atom is 0.261 e. The molecule has 11 atom stereocenters. The van der Waals surface area contributed by atoms with E-state index in [0.29, 0.717) is 25.6 Å². The number of rotatable bonds is 12. The Morgan fingerprint density at radius 3 is 2.03 bits per heavy atom. The first-order valence-electron chi connectivity index (χ1n) is 24.5.